The van der Waals surface area contributed by atoms with Crippen molar-refractivity contribution in [2.24, 2.45) is 5.92 Å². The molecule has 1 fully saturated rings. The highest BCUT2D eigenvalue weighted by Gasteiger charge is 2.48. The highest BCUT2D eigenvalue weighted by atomic mass is 32.1. The number of hydrogen-bond acceptors (Lipinski definition) is 6. The molecule has 2 N–H and O–H groups in total. The van der Waals surface area contributed by atoms with Crippen molar-refractivity contribution >= 4 is 34.5 Å². The summed E-state index contributed by atoms with van der Waals surface area (Å²) in [5.74, 6) is -1.13. The molecule has 1 unspecified atom stereocenters. The monoisotopic (exact) mass is 449 g/mol. The van der Waals surface area contributed by atoms with Crippen molar-refractivity contribution in [2.45, 2.75) is 19.9 Å². The van der Waals surface area contributed by atoms with E-state index in [1.807, 2.05) is 25.3 Å². The molecule has 2 heterocycles. The van der Waals surface area contributed by atoms with E-state index < -0.39 is 17.7 Å². The molecule has 0 spiro atoms. The molecule has 0 radical (unpaired) electrons. The van der Waals surface area contributed by atoms with E-state index in [9.17, 15) is 19.8 Å². The minimum atomic E-state index is -0.858. The van der Waals surface area contributed by atoms with Crippen molar-refractivity contribution < 1.29 is 24.5 Å². The van der Waals surface area contributed by atoms with Crippen molar-refractivity contribution in [2.75, 3.05) is 11.5 Å². The molecule has 1 atom stereocenters. The summed E-state index contributed by atoms with van der Waals surface area (Å²) >= 11 is 1.36. The summed E-state index contributed by atoms with van der Waals surface area (Å²) in [7, 11) is 0. The number of carbonyl (C=O) groups is 2. The Bertz CT molecular complexity index is 1180. The van der Waals surface area contributed by atoms with E-state index in [-0.39, 0.29) is 22.8 Å². The SMILES string of the molecule is CC(C)COc1cccc(/C(O)=C2/C(=O)C(=O)N(c3ccccc3O)C2c2cccs2)c1. The van der Waals surface area contributed by atoms with Crippen LogP contribution in [0.1, 0.15) is 30.3 Å². The van der Waals surface area contributed by atoms with E-state index in [2.05, 4.69) is 0 Å². The predicted molar refractivity (Wildman–Crippen MR) is 124 cm³/mol. The number of amides is 1. The minimum Gasteiger partial charge on any atom is -0.507 e. The fourth-order valence-electron chi connectivity index (χ4n) is 3.62. The lowest BCUT2D eigenvalue weighted by atomic mass is 9.99. The number of para-hydroxylation sites is 2. The maximum Gasteiger partial charge on any atom is 0.300 e. The summed E-state index contributed by atoms with van der Waals surface area (Å²) in [6.45, 7) is 4.58. The normalized spacial score (nSPS) is 17.8. The minimum absolute atomic E-state index is 0.0262. The summed E-state index contributed by atoms with van der Waals surface area (Å²) in [5.41, 5.74) is 0.561. The second-order valence-electron chi connectivity index (χ2n) is 7.91. The van der Waals surface area contributed by atoms with Crippen LogP contribution in [-0.2, 0) is 9.59 Å². The maximum atomic E-state index is 13.1. The highest BCUT2D eigenvalue weighted by Crippen LogP contribution is 2.45. The molecule has 4 rings (SSSR count). The molecule has 164 valence electrons. The van der Waals surface area contributed by atoms with E-state index in [0.717, 1.165) is 0 Å². The predicted octanol–water partition coefficient (Wildman–Crippen LogP) is 5.11. The van der Waals surface area contributed by atoms with E-state index >= 15 is 0 Å². The number of aliphatic hydroxyl groups is 1. The van der Waals surface area contributed by atoms with Crippen LogP contribution in [0.15, 0.2) is 71.6 Å². The number of ether oxygens (including phenoxy) is 1. The third-order valence-electron chi connectivity index (χ3n) is 5.09. The number of phenolic OH excluding ortho intramolecular Hbond substituents is 1. The Hall–Kier alpha value is -3.58. The molecule has 1 aliphatic heterocycles. The number of aliphatic hydroxyl groups excluding tert-OH is 1. The Morgan fingerprint density at radius 1 is 1.09 bits per heavy atom. The van der Waals surface area contributed by atoms with E-state index in [4.69, 9.17) is 4.74 Å². The van der Waals surface area contributed by atoms with Crippen LogP contribution in [0.3, 0.4) is 0 Å². The van der Waals surface area contributed by atoms with Gasteiger partial charge in [0.05, 0.1) is 17.9 Å². The molecular weight excluding hydrogens is 426 g/mol. The molecule has 7 heteroatoms. The van der Waals surface area contributed by atoms with Crippen LogP contribution in [0.25, 0.3) is 5.76 Å². The van der Waals surface area contributed by atoms with Crippen LogP contribution in [0.4, 0.5) is 5.69 Å². The molecule has 3 aromatic rings. The summed E-state index contributed by atoms with van der Waals surface area (Å²) in [5, 5.41) is 23.4. The molecule has 1 amide bonds. The number of carbonyl (C=O) groups excluding carboxylic acids is 2. The fourth-order valence-corrected chi connectivity index (χ4v) is 4.44. The number of thiophene rings is 1. The fraction of sp³-hybridized carbons (Fsp3) is 0.200. The van der Waals surface area contributed by atoms with Crippen LogP contribution >= 0.6 is 11.3 Å². The van der Waals surface area contributed by atoms with Gasteiger partial charge in [-0.2, -0.15) is 0 Å². The first-order valence-electron chi connectivity index (χ1n) is 10.2. The van der Waals surface area contributed by atoms with Crippen molar-refractivity contribution in [1.29, 1.82) is 0 Å². The van der Waals surface area contributed by atoms with Gasteiger partial charge in [0.2, 0.25) is 0 Å². The van der Waals surface area contributed by atoms with Crippen molar-refractivity contribution in [3.8, 4) is 11.5 Å². The van der Waals surface area contributed by atoms with Crippen LogP contribution in [0, 0.1) is 5.92 Å². The Morgan fingerprint density at radius 2 is 1.88 bits per heavy atom. The topological polar surface area (TPSA) is 87.1 Å². The lowest BCUT2D eigenvalue weighted by Crippen LogP contribution is -2.29. The van der Waals surface area contributed by atoms with Gasteiger partial charge in [0.1, 0.15) is 23.3 Å². The summed E-state index contributed by atoms with van der Waals surface area (Å²) in [4.78, 5) is 28.1. The van der Waals surface area contributed by atoms with Crippen LogP contribution in [-0.4, -0.2) is 28.5 Å². The summed E-state index contributed by atoms with van der Waals surface area (Å²) in [6, 6.07) is 15.9. The van der Waals surface area contributed by atoms with Gasteiger partial charge in [-0.1, -0.05) is 44.2 Å². The first-order valence-corrected chi connectivity index (χ1v) is 11.1. The quantitative estimate of drug-likeness (QED) is 0.310. The smallest absolute Gasteiger partial charge is 0.300 e. The Balaban J connectivity index is 1.84. The van der Waals surface area contributed by atoms with Crippen molar-refractivity contribution in [3.63, 3.8) is 0 Å². The molecule has 0 saturated carbocycles. The first kappa shape index (κ1) is 21.6. The van der Waals surface area contributed by atoms with Gasteiger partial charge in [-0.3, -0.25) is 14.5 Å². The summed E-state index contributed by atoms with van der Waals surface area (Å²) in [6.07, 6.45) is 0. The van der Waals surface area contributed by atoms with Gasteiger partial charge in [-0.25, -0.2) is 0 Å². The first-order chi connectivity index (χ1) is 15.4. The van der Waals surface area contributed by atoms with E-state index in [0.29, 0.717) is 28.7 Å². The number of phenols is 1. The Kier molecular flexibility index (Phi) is 6.01. The maximum absolute atomic E-state index is 13.1. The average Bonchev–Trinajstić information content (AvgIpc) is 3.40. The number of anilines is 1. The number of aromatic hydroxyl groups is 1. The second kappa shape index (κ2) is 8.88. The number of hydrogen-bond donors (Lipinski definition) is 2. The number of Topliss-reactive ketones (excluding diaryl/α,β-unsaturated/α-hetero) is 1. The lowest BCUT2D eigenvalue weighted by Gasteiger charge is -2.24. The zero-order chi connectivity index (χ0) is 22.8. The molecule has 1 aromatic heterocycles. The number of nitrogens with zero attached hydrogens (tertiary/aromatic N) is 1. The zero-order valence-electron chi connectivity index (χ0n) is 17.7. The Labute approximate surface area is 190 Å². The van der Waals surface area contributed by atoms with Gasteiger partial charge in [-0.15, -0.1) is 11.3 Å². The third kappa shape index (κ3) is 3.99. The number of rotatable bonds is 6. The molecule has 2 aromatic carbocycles. The highest BCUT2D eigenvalue weighted by molar-refractivity contribution is 7.10. The van der Waals surface area contributed by atoms with Gasteiger partial charge < -0.3 is 14.9 Å². The van der Waals surface area contributed by atoms with Gasteiger partial charge in [0.25, 0.3) is 11.7 Å². The zero-order valence-corrected chi connectivity index (χ0v) is 18.5. The Morgan fingerprint density at radius 3 is 2.56 bits per heavy atom. The van der Waals surface area contributed by atoms with Gasteiger partial charge in [-0.05, 0) is 41.6 Å². The van der Waals surface area contributed by atoms with Crippen molar-refractivity contribution in [1.82, 2.24) is 0 Å². The van der Waals surface area contributed by atoms with Gasteiger partial charge in [0, 0.05) is 10.4 Å². The standard InChI is InChI=1S/C25H23NO5S/c1-15(2)14-31-17-8-5-7-16(13-17)23(28)21-22(20-11-6-12-32-20)26(25(30)24(21)29)18-9-3-4-10-19(18)27/h3-13,15,22,27-28H,14H2,1-2H3/b23-21-. The van der Waals surface area contributed by atoms with Gasteiger partial charge >= 0.3 is 0 Å². The van der Waals surface area contributed by atoms with Gasteiger partial charge in [0.15, 0.2) is 0 Å². The summed E-state index contributed by atoms with van der Waals surface area (Å²) < 4.78 is 5.75. The second-order valence-corrected chi connectivity index (χ2v) is 8.89. The molecule has 6 nitrogen and oxygen atoms in total. The molecule has 1 aliphatic rings. The van der Waals surface area contributed by atoms with Crippen LogP contribution < -0.4 is 9.64 Å². The average molecular weight is 450 g/mol. The number of benzene rings is 2. The van der Waals surface area contributed by atoms with Crippen LogP contribution in [0.5, 0.6) is 11.5 Å². The van der Waals surface area contributed by atoms with Crippen molar-refractivity contribution in [3.05, 3.63) is 82.1 Å². The van der Waals surface area contributed by atoms with Crippen LogP contribution in [0.2, 0.25) is 0 Å². The van der Waals surface area contributed by atoms with E-state index in [1.165, 1.54) is 22.3 Å². The third-order valence-corrected chi connectivity index (χ3v) is 6.01. The molecule has 0 bridgehead atoms. The molecule has 1 saturated heterocycles. The lowest BCUT2D eigenvalue weighted by molar-refractivity contribution is -0.132. The molecule has 32 heavy (non-hydrogen) atoms. The molecule has 0 aliphatic carbocycles. The largest absolute Gasteiger partial charge is 0.507 e. The number of ketones is 1. The molecular formula is C25H23NO5S. The van der Waals surface area contributed by atoms with E-state index in [1.54, 1.807) is 48.5 Å².